The number of aryl methyl sites for hydroxylation is 2. The molecule has 0 N–H and O–H groups in total. The molecule has 0 aliphatic heterocycles. The van der Waals surface area contributed by atoms with E-state index in [-0.39, 0.29) is 4.90 Å². The highest BCUT2D eigenvalue weighted by atomic mass is 32.2. The highest BCUT2D eigenvalue weighted by Gasteiger charge is 2.27. The van der Waals surface area contributed by atoms with Crippen LogP contribution in [0.2, 0.25) is 0 Å². The zero-order valence-corrected chi connectivity index (χ0v) is 13.9. The fourth-order valence-corrected chi connectivity index (χ4v) is 5.02. The van der Waals surface area contributed by atoms with Gasteiger partial charge in [-0.15, -0.1) is 11.3 Å². The molecule has 0 bridgehead atoms. The van der Waals surface area contributed by atoms with Gasteiger partial charge in [0.15, 0.2) is 0 Å². The van der Waals surface area contributed by atoms with Crippen molar-refractivity contribution in [2.24, 2.45) is 0 Å². The van der Waals surface area contributed by atoms with Crippen molar-refractivity contribution in [1.29, 1.82) is 0 Å². The number of rotatable bonds is 5. The van der Waals surface area contributed by atoms with Crippen molar-refractivity contribution in [3.63, 3.8) is 0 Å². The number of hydrogen-bond donors (Lipinski definition) is 0. The lowest BCUT2D eigenvalue weighted by atomic mass is 10.1. The third kappa shape index (κ3) is 3.33. The number of sulfonamides is 1. The molecule has 21 heavy (non-hydrogen) atoms. The SMILES string of the molecule is CCN(Cc1cccs1)S(=O)(=O)c1c(C)cc(F)cc1C. The fourth-order valence-electron chi connectivity index (χ4n) is 2.38. The van der Waals surface area contributed by atoms with E-state index in [1.165, 1.54) is 27.8 Å². The molecule has 0 atom stereocenters. The van der Waals surface area contributed by atoms with E-state index >= 15 is 0 Å². The van der Waals surface area contributed by atoms with Crippen LogP contribution in [0.5, 0.6) is 0 Å². The second-order valence-corrected chi connectivity index (χ2v) is 7.79. The highest BCUT2D eigenvalue weighted by Crippen LogP contribution is 2.26. The maximum Gasteiger partial charge on any atom is 0.243 e. The van der Waals surface area contributed by atoms with Crippen LogP contribution in [0, 0.1) is 19.7 Å². The topological polar surface area (TPSA) is 37.4 Å². The number of nitrogens with zero attached hydrogens (tertiary/aromatic N) is 1. The molecule has 0 fully saturated rings. The predicted molar refractivity (Wildman–Crippen MR) is 83.5 cm³/mol. The van der Waals surface area contributed by atoms with Gasteiger partial charge in [-0.2, -0.15) is 4.31 Å². The van der Waals surface area contributed by atoms with Gasteiger partial charge in [0.25, 0.3) is 0 Å². The van der Waals surface area contributed by atoms with Crippen LogP contribution in [0.15, 0.2) is 34.5 Å². The van der Waals surface area contributed by atoms with Crippen LogP contribution >= 0.6 is 11.3 Å². The molecule has 3 nitrogen and oxygen atoms in total. The molecule has 0 amide bonds. The van der Waals surface area contributed by atoms with Gasteiger partial charge in [0.05, 0.1) is 4.90 Å². The second kappa shape index (κ2) is 6.25. The minimum absolute atomic E-state index is 0.210. The molecule has 2 rings (SSSR count). The van der Waals surface area contributed by atoms with Gasteiger partial charge in [-0.1, -0.05) is 13.0 Å². The maximum absolute atomic E-state index is 13.4. The Bertz CT molecular complexity index is 701. The average molecular weight is 327 g/mol. The average Bonchev–Trinajstić information content (AvgIpc) is 2.86. The highest BCUT2D eigenvalue weighted by molar-refractivity contribution is 7.89. The van der Waals surface area contributed by atoms with Crippen LogP contribution in [0.25, 0.3) is 0 Å². The van der Waals surface area contributed by atoms with Crippen LogP contribution in [0.4, 0.5) is 4.39 Å². The Labute approximate surface area is 129 Å². The van der Waals surface area contributed by atoms with E-state index in [1.54, 1.807) is 20.8 Å². The molecule has 6 heteroatoms. The van der Waals surface area contributed by atoms with E-state index in [2.05, 4.69) is 0 Å². The van der Waals surface area contributed by atoms with Crippen molar-refractivity contribution in [1.82, 2.24) is 4.31 Å². The molecule has 0 aliphatic rings. The molecule has 1 heterocycles. The first-order valence-electron chi connectivity index (χ1n) is 6.65. The molecule has 114 valence electrons. The van der Waals surface area contributed by atoms with Gasteiger partial charge < -0.3 is 0 Å². The Kier molecular flexibility index (Phi) is 4.81. The summed E-state index contributed by atoms with van der Waals surface area (Å²) >= 11 is 1.52. The Morgan fingerprint density at radius 1 is 1.24 bits per heavy atom. The fraction of sp³-hybridized carbons (Fsp3) is 0.333. The van der Waals surface area contributed by atoms with Gasteiger partial charge in [0.2, 0.25) is 10.0 Å². The molecule has 1 aromatic carbocycles. The Morgan fingerprint density at radius 3 is 2.33 bits per heavy atom. The lowest BCUT2D eigenvalue weighted by Crippen LogP contribution is -2.31. The first kappa shape index (κ1) is 16.1. The molecule has 0 saturated carbocycles. The number of benzene rings is 1. The van der Waals surface area contributed by atoms with Crippen LogP contribution in [-0.2, 0) is 16.6 Å². The zero-order chi connectivity index (χ0) is 15.6. The number of hydrogen-bond acceptors (Lipinski definition) is 3. The largest absolute Gasteiger partial charge is 0.243 e. The van der Waals surface area contributed by atoms with Crippen LogP contribution in [0.1, 0.15) is 22.9 Å². The minimum atomic E-state index is -3.63. The zero-order valence-electron chi connectivity index (χ0n) is 12.3. The number of halogens is 1. The molecule has 2 aromatic rings. The van der Waals surface area contributed by atoms with Gasteiger partial charge in [0, 0.05) is 18.0 Å². The lowest BCUT2D eigenvalue weighted by molar-refractivity contribution is 0.425. The summed E-state index contributed by atoms with van der Waals surface area (Å²) in [6, 6.07) is 6.33. The molecule has 0 radical (unpaired) electrons. The summed E-state index contributed by atoms with van der Waals surface area (Å²) in [6.45, 7) is 5.77. The summed E-state index contributed by atoms with van der Waals surface area (Å²) in [4.78, 5) is 1.19. The van der Waals surface area contributed by atoms with E-state index in [4.69, 9.17) is 0 Å². The van der Waals surface area contributed by atoms with Gasteiger partial charge in [0.1, 0.15) is 5.82 Å². The third-order valence-corrected chi connectivity index (χ3v) is 6.38. The standard InChI is InChI=1S/C15H18FNO2S2/c1-4-17(10-14-6-5-7-20-14)21(18,19)15-11(2)8-13(16)9-12(15)3/h5-9H,4,10H2,1-3H3. The van der Waals surface area contributed by atoms with Crippen molar-refractivity contribution in [3.8, 4) is 0 Å². The summed E-state index contributed by atoms with van der Waals surface area (Å²) in [7, 11) is -3.63. The molecular formula is C15H18FNO2S2. The van der Waals surface area contributed by atoms with Gasteiger partial charge in [-0.05, 0) is 48.6 Å². The molecular weight excluding hydrogens is 309 g/mol. The van der Waals surface area contributed by atoms with Crippen molar-refractivity contribution in [3.05, 3.63) is 51.5 Å². The van der Waals surface area contributed by atoms with Crippen molar-refractivity contribution in [2.75, 3.05) is 6.54 Å². The summed E-state index contributed by atoms with van der Waals surface area (Å²) in [5, 5.41) is 1.92. The Balaban J connectivity index is 2.45. The first-order chi connectivity index (χ1) is 9.86. The van der Waals surface area contributed by atoms with Crippen LogP contribution in [-0.4, -0.2) is 19.3 Å². The van der Waals surface area contributed by atoms with E-state index < -0.39 is 15.8 Å². The third-order valence-electron chi connectivity index (χ3n) is 3.29. The monoisotopic (exact) mass is 327 g/mol. The van der Waals surface area contributed by atoms with E-state index in [1.807, 2.05) is 17.5 Å². The lowest BCUT2D eigenvalue weighted by Gasteiger charge is -2.22. The van der Waals surface area contributed by atoms with Crippen LogP contribution in [0.3, 0.4) is 0 Å². The van der Waals surface area contributed by atoms with E-state index in [0.29, 0.717) is 24.2 Å². The second-order valence-electron chi connectivity index (χ2n) is 4.88. The first-order valence-corrected chi connectivity index (χ1v) is 8.97. The smallest absolute Gasteiger partial charge is 0.207 e. The summed E-state index contributed by atoms with van der Waals surface area (Å²) in [5.74, 6) is -0.412. The van der Waals surface area contributed by atoms with Crippen LogP contribution < -0.4 is 0 Å². The van der Waals surface area contributed by atoms with E-state index in [9.17, 15) is 12.8 Å². The summed E-state index contributed by atoms with van der Waals surface area (Å²) < 4.78 is 40.5. The molecule has 1 aromatic heterocycles. The van der Waals surface area contributed by atoms with Gasteiger partial charge in [-0.3, -0.25) is 0 Å². The quantitative estimate of drug-likeness (QED) is 0.839. The summed E-state index contributed by atoms with van der Waals surface area (Å²) in [6.07, 6.45) is 0. The Morgan fingerprint density at radius 2 is 1.86 bits per heavy atom. The van der Waals surface area contributed by atoms with Crippen molar-refractivity contribution >= 4 is 21.4 Å². The summed E-state index contributed by atoms with van der Waals surface area (Å²) in [5.41, 5.74) is 0.884. The minimum Gasteiger partial charge on any atom is -0.207 e. The van der Waals surface area contributed by atoms with E-state index in [0.717, 1.165) is 4.88 Å². The molecule has 0 aliphatic carbocycles. The molecule has 0 spiro atoms. The molecule has 0 saturated heterocycles. The molecule has 0 unspecified atom stereocenters. The van der Waals surface area contributed by atoms with Crippen molar-refractivity contribution in [2.45, 2.75) is 32.2 Å². The maximum atomic E-state index is 13.4. The predicted octanol–water partition coefficient (Wildman–Crippen LogP) is 3.71. The number of thiophene rings is 1. The normalized spacial score (nSPS) is 12.0. The van der Waals surface area contributed by atoms with Gasteiger partial charge >= 0.3 is 0 Å². The Hall–Kier alpha value is -1.24. The van der Waals surface area contributed by atoms with Crippen molar-refractivity contribution < 1.29 is 12.8 Å². The van der Waals surface area contributed by atoms with Gasteiger partial charge in [-0.25, -0.2) is 12.8 Å².